The second-order valence-corrected chi connectivity index (χ2v) is 7.18. The molecule has 1 unspecified atom stereocenters. The number of benzene rings is 3. The summed E-state index contributed by atoms with van der Waals surface area (Å²) in [6.07, 6.45) is 4.27. The minimum Gasteiger partial charge on any atom is -0.497 e. The molecule has 1 aliphatic rings. The predicted octanol–water partition coefficient (Wildman–Crippen LogP) is 5.46. The first kappa shape index (κ1) is 20.7. The van der Waals surface area contributed by atoms with E-state index in [2.05, 4.69) is 24.3 Å². The van der Waals surface area contributed by atoms with E-state index in [0.29, 0.717) is 18.1 Å². The van der Waals surface area contributed by atoms with Crippen LogP contribution in [0.5, 0.6) is 28.7 Å². The van der Waals surface area contributed by atoms with Gasteiger partial charge < -0.3 is 23.7 Å². The van der Waals surface area contributed by atoms with E-state index in [1.807, 2.05) is 42.5 Å². The summed E-state index contributed by atoms with van der Waals surface area (Å²) in [6.45, 7) is 0.377. The zero-order chi connectivity index (χ0) is 21.8. The summed E-state index contributed by atoms with van der Waals surface area (Å²) in [5.41, 5.74) is 4.06. The van der Waals surface area contributed by atoms with Crippen molar-refractivity contribution >= 4 is 6.08 Å². The SMILES string of the molecule is COc1cc2c(c(OC)c1)C(/C=C/c1ccccc1)c1c(OC)cc(OC)cc1OC2. The largest absolute Gasteiger partial charge is 0.497 e. The Morgan fingerprint density at radius 1 is 0.774 bits per heavy atom. The molecule has 5 heteroatoms. The minimum atomic E-state index is -0.158. The van der Waals surface area contributed by atoms with Crippen molar-refractivity contribution in [3.8, 4) is 28.7 Å². The van der Waals surface area contributed by atoms with Gasteiger partial charge in [0, 0.05) is 40.8 Å². The molecule has 0 saturated carbocycles. The van der Waals surface area contributed by atoms with Crippen molar-refractivity contribution in [3.63, 3.8) is 0 Å². The number of rotatable bonds is 6. The van der Waals surface area contributed by atoms with E-state index in [4.69, 9.17) is 23.7 Å². The van der Waals surface area contributed by atoms with E-state index < -0.39 is 0 Å². The highest BCUT2D eigenvalue weighted by molar-refractivity contribution is 5.65. The molecule has 0 aliphatic carbocycles. The number of allylic oxidation sites excluding steroid dienone is 1. The van der Waals surface area contributed by atoms with Gasteiger partial charge in [0.15, 0.2) is 0 Å². The van der Waals surface area contributed by atoms with Gasteiger partial charge in [-0.2, -0.15) is 0 Å². The number of hydrogen-bond donors (Lipinski definition) is 0. The smallest absolute Gasteiger partial charge is 0.131 e. The molecule has 0 spiro atoms. The third kappa shape index (κ3) is 4.04. The zero-order valence-electron chi connectivity index (χ0n) is 18.2. The van der Waals surface area contributed by atoms with Crippen LogP contribution >= 0.6 is 0 Å². The summed E-state index contributed by atoms with van der Waals surface area (Å²) in [7, 11) is 6.61. The van der Waals surface area contributed by atoms with Crippen LogP contribution in [0.4, 0.5) is 0 Å². The summed E-state index contributed by atoms with van der Waals surface area (Å²) in [5.74, 6) is 3.40. The van der Waals surface area contributed by atoms with Gasteiger partial charge >= 0.3 is 0 Å². The van der Waals surface area contributed by atoms with E-state index in [0.717, 1.165) is 39.5 Å². The Labute approximate surface area is 182 Å². The average molecular weight is 418 g/mol. The lowest BCUT2D eigenvalue weighted by Gasteiger charge is -2.22. The first-order chi connectivity index (χ1) is 15.2. The fourth-order valence-corrected chi connectivity index (χ4v) is 3.97. The van der Waals surface area contributed by atoms with Crippen LogP contribution < -0.4 is 23.7 Å². The lowest BCUT2D eigenvalue weighted by molar-refractivity contribution is 0.299. The number of ether oxygens (including phenoxy) is 5. The van der Waals surface area contributed by atoms with Crippen LogP contribution in [0.1, 0.15) is 28.2 Å². The quantitative estimate of drug-likeness (QED) is 0.532. The van der Waals surface area contributed by atoms with Crippen molar-refractivity contribution in [2.75, 3.05) is 28.4 Å². The second kappa shape index (κ2) is 9.04. The lowest BCUT2D eigenvalue weighted by atomic mass is 9.86. The van der Waals surface area contributed by atoms with Crippen molar-refractivity contribution in [2.45, 2.75) is 12.5 Å². The molecule has 0 bridgehead atoms. The van der Waals surface area contributed by atoms with Crippen molar-refractivity contribution in [1.82, 2.24) is 0 Å². The molecule has 3 aromatic carbocycles. The third-order valence-electron chi connectivity index (χ3n) is 5.48. The number of hydrogen-bond acceptors (Lipinski definition) is 5. The Morgan fingerprint density at radius 3 is 2.06 bits per heavy atom. The molecule has 0 radical (unpaired) electrons. The standard InChI is InChI=1S/C26H26O5/c1-27-19-12-18-16-31-24-15-20(28-2)14-23(30-4)26(24)21(25(18)22(13-19)29-3)11-10-17-8-6-5-7-9-17/h5-15,21H,16H2,1-4H3/b11-10+. The van der Waals surface area contributed by atoms with Gasteiger partial charge in [0.2, 0.25) is 0 Å². The summed E-state index contributed by atoms with van der Waals surface area (Å²) in [6, 6.07) is 17.9. The Morgan fingerprint density at radius 2 is 1.42 bits per heavy atom. The first-order valence-electron chi connectivity index (χ1n) is 10.0. The monoisotopic (exact) mass is 418 g/mol. The highest BCUT2D eigenvalue weighted by atomic mass is 16.5. The number of fused-ring (bicyclic) bond motifs is 2. The first-order valence-corrected chi connectivity index (χ1v) is 10.0. The average Bonchev–Trinajstić information content (AvgIpc) is 2.98. The molecule has 160 valence electrons. The van der Waals surface area contributed by atoms with Crippen LogP contribution in [-0.4, -0.2) is 28.4 Å². The van der Waals surface area contributed by atoms with Gasteiger partial charge in [-0.25, -0.2) is 0 Å². The molecule has 31 heavy (non-hydrogen) atoms. The molecule has 0 fully saturated rings. The summed E-state index contributed by atoms with van der Waals surface area (Å²) < 4.78 is 28.7. The lowest BCUT2D eigenvalue weighted by Crippen LogP contribution is -2.06. The molecule has 1 atom stereocenters. The molecule has 3 aromatic rings. The predicted molar refractivity (Wildman–Crippen MR) is 121 cm³/mol. The normalized spacial score (nSPS) is 14.8. The highest BCUT2D eigenvalue weighted by Crippen LogP contribution is 2.49. The Kier molecular flexibility index (Phi) is 6.03. The Bertz CT molecular complexity index is 1030. The van der Waals surface area contributed by atoms with Gasteiger partial charge in [0.05, 0.1) is 28.4 Å². The van der Waals surface area contributed by atoms with E-state index >= 15 is 0 Å². The van der Waals surface area contributed by atoms with Crippen molar-refractivity contribution in [3.05, 3.63) is 82.9 Å². The van der Waals surface area contributed by atoms with Crippen LogP contribution in [0.2, 0.25) is 0 Å². The molecule has 0 amide bonds. The van der Waals surface area contributed by atoms with Gasteiger partial charge in [-0.3, -0.25) is 0 Å². The summed E-state index contributed by atoms with van der Waals surface area (Å²) >= 11 is 0. The maximum absolute atomic E-state index is 6.24. The van der Waals surface area contributed by atoms with E-state index in [1.54, 1.807) is 28.4 Å². The fraction of sp³-hybridized carbons (Fsp3) is 0.231. The van der Waals surface area contributed by atoms with Crippen molar-refractivity contribution < 1.29 is 23.7 Å². The van der Waals surface area contributed by atoms with Gasteiger partial charge in [0.25, 0.3) is 0 Å². The minimum absolute atomic E-state index is 0.158. The maximum atomic E-state index is 6.24. The summed E-state index contributed by atoms with van der Waals surface area (Å²) in [4.78, 5) is 0. The third-order valence-corrected chi connectivity index (χ3v) is 5.48. The van der Waals surface area contributed by atoms with Crippen LogP contribution in [-0.2, 0) is 6.61 Å². The zero-order valence-corrected chi connectivity index (χ0v) is 18.2. The molecule has 0 N–H and O–H groups in total. The molecule has 1 aliphatic heterocycles. The molecule has 0 aromatic heterocycles. The summed E-state index contributed by atoms with van der Waals surface area (Å²) in [5, 5.41) is 0. The molecular weight excluding hydrogens is 392 g/mol. The second-order valence-electron chi connectivity index (χ2n) is 7.18. The highest BCUT2D eigenvalue weighted by Gasteiger charge is 2.30. The van der Waals surface area contributed by atoms with Gasteiger partial charge in [-0.15, -0.1) is 0 Å². The molecule has 0 saturated heterocycles. The van der Waals surface area contributed by atoms with Crippen LogP contribution in [0, 0.1) is 0 Å². The van der Waals surface area contributed by atoms with E-state index in [1.165, 1.54) is 0 Å². The maximum Gasteiger partial charge on any atom is 0.131 e. The van der Waals surface area contributed by atoms with Crippen molar-refractivity contribution in [1.29, 1.82) is 0 Å². The van der Waals surface area contributed by atoms with Gasteiger partial charge in [-0.1, -0.05) is 42.5 Å². The topological polar surface area (TPSA) is 46.2 Å². The molecule has 4 rings (SSSR count). The van der Waals surface area contributed by atoms with E-state index in [-0.39, 0.29) is 5.92 Å². The molecule has 5 nitrogen and oxygen atoms in total. The Balaban J connectivity index is 1.96. The number of methoxy groups -OCH3 is 4. The van der Waals surface area contributed by atoms with Crippen molar-refractivity contribution in [2.24, 2.45) is 0 Å². The van der Waals surface area contributed by atoms with Crippen LogP contribution in [0.15, 0.2) is 60.7 Å². The van der Waals surface area contributed by atoms with Gasteiger partial charge in [-0.05, 0) is 11.6 Å². The van der Waals surface area contributed by atoms with Crippen LogP contribution in [0.3, 0.4) is 0 Å². The molecule has 1 heterocycles. The molecular formula is C26H26O5. The van der Waals surface area contributed by atoms with E-state index in [9.17, 15) is 0 Å². The fourth-order valence-electron chi connectivity index (χ4n) is 3.97. The Hall–Kier alpha value is -3.60. The van der Waals surface area contributed by atoms with Gasteiger partial charge in [0.1, 0.15) is 35.4 Å². The van der Waals surface area contributed by atoms with Crippen LogP contribution in [0.25, 0.3) is 6.08 Å².